The molecule has 0 bridgehead atoms. The van der Waals surface area contributed by atoms with E-state index in [4.69, 9.17) is 0 Å². The molecule has 0 spiro atoms. The topological polar surface area (TPSA) is 100 Å². The first kappa shape index (κ1) is 19.7. The Kier molecular flexibility index (Phi) is 4.75. The quantitative estimate of drug-likeness (QED) is 0.807. The Morgan fingerprint density at radius 1 is 1.13 bits per heavy atom. The fourth-order valence-electron chi connectivity index (χ4n) is 4.99. The highest BCUT2D eigenvalue weighted by molar-refractivity contribution is 6.11. The van der Waals surface area contributed by atoms with Crippen molar-refractivity contribution in [2.75, 3.05) is 11.4 Å². The first-order chi connectivity index (χ1) is 15.0. The van der Waals surface area contributed by atoms with Crippen LogP contribution in [0, 0.1) is 0 Å². The van der Waals surface area contributed by atoms with Crippen molar-refractivity contribution >= 4 is 23.4 Å². The molecule has 1 atom stereocenters. The summed E-state index contributed by atoms with van der Waals surface area (Å²) in [7, 11) is 0. The van der Waals surface area contributed by atoms with Gasteiger partial charge in [-0.2, -0.15) is 0 Å². The third-order valence-corrected chi connectivity index (χ3v) is 6.68. The van der Waals surface area contributed by atoms with Gasteiger partial charge in [-0.1, -0.05) is 18.6 Å². The second-order valence-electron chi connectivity index (χ2n) is 8.63. The van der Waals surface area contributed by atoms with Gasteiger partial charge in [0.05, 0.1) is 17.8 Å². The minimum absolute atomic E-state index is 0.0287. The van der Waals surface area contributed by atoms with Gasteiger partial charge in [-0.05, 0) is 38.3 Å². The molecule has 162 valence electrons. The molecule has 2 aromatic rings. The van der Waals surface area contributed by atoms with Crippen LogP contribution in [0.4, 0.5) is 5.69 Å². The van der Waals surface area contributed by atoms with Crippen LogP contribution in [0.2, 0.25) is 0 Å². The van der Waals surface area contributed by atoms with Crippen molar-refractivity contribution in [3.8, 4) is 0 Å². The molecule has 1 N–H and O–H groups in total. The summed E-state index contributed by atoms with van der Waals surface area (Å²) in [6.45, 7) is 2.87. The molecule has 1 aromatic heterocycles. The van der Waals surface area contributed by atoms with E-state index in [0.717, 1.165) is 37.5 Å². The van der Waals surface area contributed by atoms with Crippen molar-refractivity contribution in [1.29, 1.82) is 0 Å². The largest absolute Gasteiger partial charge is 0.347 e. The van der Waals surface area contributed by atoms with Crippen LogP contribution >= 0.6 is 0 Å². The molecule has 1 unspecified atom stereocenters. The number of benzene rings is 1. The molecular formula is C22H26N6O3. The number of nitrogens with zero attached hydrogens (tertiary/aromatic N) is 5. The van der Waals surface area contributed by atoms with Gasteiger partial charge < -0.3 is 14.8 Å². The lowest BCUT2D eigenvalue weighted by molar-refractivity contribution is -0.124. The van der Waals surface area contributed by atoms with Crippen molar-refractivity contribution < 1.29 is 14.4 Å². The molecule has 9 heteroatoms. The highest BCUT2D eigenvalue weighted by Crippen LogP contribution is 2.43. The molecule has 3 aliphatic rings. The van der Waals surface area contributed by atoms with E-state index in [9.17, 15) is 14.4 Å². The van der Waals surface area contributed by atoms with Gasteiger partial charge in [0.2, 0.25) is 11.8 Å². The molecule has 9 nitrogen and oxygen atoms in total. The number of amides is 3. The highest BCUT2D eigenvalue weighted by Gasteiger charge is 2.53. The minimum atomic E-state index is -0.841. The Labute approximate surface area is 180 Å². The van der Waals surface area contributed by atoms with Gasteiger partial charge in [-0.25, -0.2) is 0 Å². The van der Waals surface area contributed by atoms with Crippen LogP contribution in [0.5, 0.6) is 0 Å². The number of carbonyl (C=O) groups is 3. The van der Waals surface area contributed by atoms with E-state index < -0.39 is 5.66 Å². The van der Waals surface area contributed by atoms with Crippen molar-refractivity contribution in [2.24, 2.45) is 0 Å². The molecule has 0 aliphatic carbocycles. The molecule has 1 saturated heterocycles. The summed E-state index contributed by atoms with van der Waals surface area (Å²) in [5.41, 5.74) is 0.234. The number of rotatable bonds is 4. The molecule has 3 amide bonds. The normalized spacial score (nSPS) is 22.6. The van der Waals surface area contributed by atoms with E-state index in [1.165, 1.54) is 11.3 Å². The number of aryl methyl sites for hydroxylation is 1. The van der Waals surface area contributed by atoms with Gasteiger partial charge in [0.25, 0.3) is 5.91 Å². The second-order valence-corrected chi connectivity index (χ2v) is 8.63. The Bertz CT molecular complexity index is 1060. The molecule has 31 heavy (non-hydrogen) atoms. The van der Waals surface area contributed by atoms with E-state index in [2.05, 4.69) is 20.1 Å². The Balaban J connectivity index is 1.34. The molecular weight excluding hydrogens is 396 g/mol. The SMILES string of the molecule is CC12CCC(=O)N1c1ccccc1C(=O)N2CC(=O)NCc1nnc2n1CCCCC2. The van der Waals surface area contributed by atoms with Crippen LogP contribution in [0.25, 0.3) is 0 Å². The number of carbonyl (C=O) groups excluding carboxylic acids is 3. The van der Waals surface area contributed by atoms with E-state index in [1.807, 2.05) is 13.0 Å². The standard InChI is InChI=1S/C22H26N6O3/c1-22-11-10-20(30)28(22)16-8-5-4-7-15(16)21(31)27(22)14-19(29)23-13-18-25-24-17-9-3-2-6-12-26(17)18/h4-5,7-8H,2-3,6,9-14H2,1H3,(H,23,29). The first-order valence-corrected chi connectivity index (χ1v) is 10.9. The molecule has 0 saturated carbocycles. The second kappa shape index (κ2) is 7.47. The fraction of sp³-hybridized carbons (Fsp3) is 0.500. The van der Waals surface area contributed by atoms with Crippen molar-refractivity contribution in [1.82, 2.24) is 25.0 Å². The summed E-state index contributed by atoms with van der Waals surface area (Å²) in [5.74, 6) is 1.18. The van der Waals surface area contributed by atoms with Gasteiger partial charge in [-0.3, -0.25) is 19.3 Å². The lowest BCUT2D eigenvalue weighted by Crippen LogP contribution is -2.63. The van der Waals surface area contributed by atoms with Crippen LogP contribution in [0.1, 0.15) is 61.0 Å². The van der Waals surface area contributed by atoms with E-state index in [-0.39, 0.29) is 30.8 Å². The summed E-state index contributed by atoms with van der Waals surface area (Å²) >= 11 is 0. The summed E-state index contributed by atoms with van der Waals surface area (Å²) < 4.78 is 2.09. The Morgan fingerprint density at radius 3 is 2.84 bits per heavy atom. The number of hydrogen-bond donors (Lipinski definition) is 1. The maximum absolute atomic E-state index is 13.3. The molecule has 1 fully saturated rings. The summed E-state index contributed by atoms with van der Waals surface area (Å²) in [6, 6.07) is 7.10. The zero-order chi connectivity index (χ0) is 21.6. The minimum Gasteiger partial charge on any atom is -0.347 e. The fourth-order valence-corrected chi connectivity index (χ4v) is 4.99. The molecule has 1 aromatic carbocycles. The van der Waals surface area contributed by atoms with Crippen LogP contribution in [0.3, 0.4) is 0 Å². The molecule has 5 rings (SSSR count). The predicted octanol–water partition coefficient (Wildman–Crippen LogP) is 1.62. The average molecular weight is 422 g/mol. The third-order valence-electron chi connectivity index (χ3n) is 6.68. The van der Waals surface area contributed by atoms with Gasteiger partial charge >= 0.3 is 0 Å². The van der Waals surface area contributed by atoms with Crippen molar-refractivity contribution in [3.05, 3.63) is 41.5 Å². The van der Waals surface area contributed by atoms with Crippen molar-refractivity contribution in [2.45, 2.75) is 64.2 Å². The zero-order valence-corrected chi connectivity index (χ0v) is 17.6. The molecule has 3 aliphatic heterocycles. The Hall–Kier alpha value is -3.23. The summed E-state index contributed by atoms with van der Waals surface area (Å²) in [5, 5.41) is 11.4. The monoisotopic (exact) mass is 422 g/mol. The summed E-state index contributed by atoms with van der Waals surface area (Å²) in [6.07, 6.45) is 5.11. The molecule has 4 heterocycles. The van der Waals surface area contributed by atoms with E-state index in [0.29, 0.717) is 24.1 Å². The lowest BCUT2D eigenvalue weighted by atomic mass is 9.98. The van der Waals surface area contributed by atoms with Gasteiger partial charge in [0.1, 0.15) is 18.0 Å². The maximum atomic E-state index is 13.3. The first-order valence-electron chi connectivity index (χ1n) is 10.9. The number of hydrogen-bond acceptors (Lipinski definition) is 5. The van der Waals surface area contributed by atoms with Crippen LogP contribution in [-0.2, 0) is 29.1 Å². The number of para-hydroxylation sites is 1. The van der Waals surface area contributed by atoms with Crippen molar-refractivity contribution in [3.63, 3.8) is 0 Å². The number of nitrogens with one attached hydrogen (secondary N) is 1. The van der Waals surface area contributed by atoms with Gasteiger partial charge in [-0.15, -0.1) is 10.2 Å². The number of aromatic nitrogens is 3. The maximum Gasteiger partial charge on any atom is 0.258 e. The number of fused-ring (bicyclic) bond motifs is 4. The highest BCUT2D eigenvalue weighted by atomic mass is 16.2. The summed E-state index contributed by atoms with van der Waals surface area (Å²) in [4.78, 5) is 41.9. The van der Waals surface area contributed by atoms with Crippen LogP contribution < -0.4 is 10.2 Å². The smallest absolute Gasteiger partial charge is 0.258 e. The number of anilines is 1. The van der Waals surface area contributed by atoms with E-state index in [1.54, 1.807) is 23.1 Å². The van der Waals surface area contributed by atoms with E-state index >= 15 is 0 Å². The third kappa shape index (κ3) is 3.19. The van der Waals surface area contributed by atoms with Gasteiger partial charge in [0.15, 0.2) is 5.82 Å². The lowest BCUT2D eigenvalue weighted by Gasteiger charge is -2.48. The molecule has 0 radical (unpaired) electrons. The Morgan fingerprint density at radius 2 is 1.97 bits per heavy atom. The average Bonchev–Trinajstić information content (AvgIpc) is 3.19. The predicted molar refractivity (Wildman–Crippen MR) is 112 cm³/mol. The van der Waals surface area contributed by atoms with Crippen LogP contribution in [-0.4, -0.2) is 49.6 Å². The zero-order valence-electron chi connectivity index (χ0n) is 17.6. The van der Waals surface area contributed by atoms with Gasteiger partial charge in [0, 0.05) is 19.4 Å². The van der Waals surface area contributed by atoms with Crippen LogP contribution in [0.15, 0.2) is 24.3 Å².